The Morgan fingerprint density at radius 1 is 1.73 bits per heavy atom. The van der Waals surface area contributed by atoms with Gasteiger partial charge in [0.1, 0.15) is 6.10 Å². The molecule has 0 amide bonds. The van der Waals surface area contributed by atoms with Gasteiger partial charge in [0.05, 0.1) is 12.9 Å². The number of cyclic esters (lactones) is 2. The summed E-state index contributed by atoms with van der Waals surface area (Å²) in [5.74, 6) is 0. The fourth-order valence-electron chi connectivity index (χ4n) is 0.881. The van der Waals surface area contributed by atoms with E-state index in [1.807, 2.05) is 0 Å². The van der Waals surface area contributed by atoms with Gasteiger partial charge in [-0.25, -0.2) is 4.79 Å². The van der Waals surface area contributed by atoms with Gasteiger partial charge in [-0.15, -0.1) is 0 Å². The van der Waals surface area contributed by atoms with Crippen LogP contribution in [0.1, 0.15) is 12.8 Å². The number of carbonyl (C=O) groups excluding carboxylic acids is 1. The minimum absolute atomic E-state index is 0.139. The second-order valence-electron chi connectivity index (χ2n) is 2.25. The largest absolute Gasteiger partial charge is 0.516 e. The molecule has 0 saturated carbocycles. The minimum Gasteiger partial charge on any atom is -0.516 e. The molecule has 0 radical (unpaired) electrons. The fraction of sp³-hybridized carbons (Fsp3) is 0.571. The number of aliphatic hydroxyl groups excluding tert-OH is 1. The predicted octanol–water partition coefficient (Wildman–Crippen LogP) is 1.37. The maximum absolute atomic E-state index is 10.5. The lowest BCUT2D eigenvalue weighted by atomic mass is 10.2. The Balaban J connectivity index is 2.28. The Kier molecular flexibility index (Phi) is 2.77. The second-order valence-corrected chi connectivity index (χ2v) is 2.25. The van der Waals surface area contributed by atoms with Crippen molar-refractivity contribution in [3.05, 3.63) is 12.3 Å². The first-order chi connectivity index (χ1) is 5.33. The standard InChI is InChI=1S/C7H10O4/c8-4-1-2-6-3-5-10-7(9)11-6/h1,4,6,8H,2-3,5H2. The highest BCUT2D eigenvalue weighted by atomic mass is 16.7. The van der Waals surface area contributed by atoms with Crippen LogP contribution in [0, 0.1) is 0 Å². The number of hydrogen-bond acceptors (Lipinski definition) is 4. The molecule has 1 N–H and O–H groups in total. The van der Waals surface area contributed by atoms with Gasteiger partial charge in [0.2, 0.25) is 0 Å². The molecule has 0 aromatic rings. The zero-order chi connectivity index (χ0) is 8.10. The Bertz CT molecular complexity index is 164. The third-order valence-electron chi connectivity index (χ3n) is 1.43. The molecule has 0 aliphatic carbocycles. The normalized spacial score (nSPS) is 24.7. The molecule has 1 heterocycles. The molecule has 1 atom stereocenters. The van der Waals surface area contributed by atoms with Gasteiger partial charge in [-0.1, -0.05) is 0 Å². The molecule has 0 aromatic heterocycles. The van der Waals surface area contributed by atoms with Crippen LogP contribution in [-0.2, 0) is 9.47 Å². The molecule has 1 fully saturated rings. The third-order valence-corrected chi connectivity index (χ3v) is 1.43. The van der Waals surface area contributed by atoms with E-state index >= 15 is 0 Å². The highest BCUT2D eigenvalue weighted by Gasteiger charge is 2.19. The number of hydrogen-bond donors (Lipinski definition) is 1. The molecule has 62 valence electrons. The van der Waals surface area contributed by atoms with Crippen molar-refractivity contribution in [2.75, 3.05) is 6.61 Å². The summed E-state index contributed by atoms with van der Waals surface area (Å²) in [6.45, 7) is 0.406. The number of rotatable bonds is 2. The van der Waals surface area contributed by atoms with Crippen molar-refractivity contribution in [2.45, 2.75) is 18.9 Å². The molecule has 0 bridgehead atoms. The Hall–Kier alpha value is -1.19. The summed E-state index contributed by atoms with van der Waals surface area (Å²) < 4.78 is 9.31. The number of aliphatic hydroxyl groups is 1. The zero-order valence-corrected chi connectivity index (χ0v) is 6.03. The molecule has 1 unspecified atom stereocenters. The van der Waals surface area contributed by atoms with E-state index < -0.39 is 6.16 Å². The van der Waals surface area contributed by atoms with Crippen LogP contribution in [0.25, 0.3) is 0 Å². The molecule has 4 nitrogen and oxygen atoms in total. The monoisotopic (exact) mass is 158 g/mol. The van der Waals surface area contributed by atoms with Crippen molar-refractivity contribution in [3.8, 4) is 0 Å². The topological polar surface area (TPSA) is 55.8 Å². The van der Waals surface area contributed by atoms with E-state index in [4.69, 9.17) is 9.84 Å². The average molecular weight is 158 g/mol. The first kappa shape index (κ1) is 7.91. The SMILES string of the molecule is O=C1OCCC(CC=CO)O1. The minimum atomic E-state index is -0.618. The smallest absolute Gasteiger partial charge is 0.508 e. The van der Waals surface area contributed by atoms with Crippen LogP contribution in [0.15, 0.2) is 12.3 Å². The number of ether oxygens (including phenoxy) is 2. The first-order valence-electron chi connectivity index (χ1n) is 3.45. The highest BCUT2D eigenvalue weighted by Crippen LogP contribution is 2.11. The Labute approximate surface area is 64.4 Å². The van der Waals surface area contributed by atoms with Crippen LogP contribution in [-0.4, -0.2) is 24.0 Å². The fourth-order valence-corrected chi connectivity index (χ4v) is 0.881. The molecule has 1 aliphatic rings. The quantitative estimate of drug-likeness (QED) is 0.487. The van der Waals surface area contributed by atoms with E-state index in [0.29, 0.717) is 19.4 Å². The summed E-state index contributed by atoms with van der Waals surface area (Å²) in [6.07, 6.45) is 2.97. The molecule has 0 spiro atoms. The summed E-state index contributed by atoms with van der Waals surface area (Å²) in [5, 5.41) is 8.31. The van der Waals surface area contributed by atoms with Gasteiger partial charge in [-0.05, 0) is 6.08 Å². The van der Waals surface area contributed by atoms with Crippen molar-refractivity contribution in [3.63, 3.8) is 0 Å². The summed E-state index contributed by atoms with van der Waals surface area (Å²) in [5.41, 5.74) is 0. The van der Waals surface area contributed by atoms with Crippen LogP contribution >= 0.6 is 0 Å². The molecule has 0 aromatic carbocycles. The molecule has 4 heteroatoms. The van der Waals surface area contributed by atoms with Gasteiger partial charge >= 0.3 is 6.16 Å². The van der Waals surface area contributed by atoms with Crippen molar-refractivity contribution >= 4 is 6.16 Å². The van der Waals surface area contributed by atoms with Crippen LogP contribution in [0.2, 0.25) is 0 Å². The predicted molar refractivity (Wildman–Crippen MR) is 37.2 cm³/mol. The van der Waals surface area contributed by atoms with Crippen molar-refractivity contribution in [1.29, 1.82) is 0 Å². The van der Waals surface area contributed by atoms with Crippen molar-refractivity contribution in [1.82, 2.24) is 0 Å². The first-order valence-corrected chi connectivity index (χ1v) is 3.45. The van der Waals surface area contributed by atoms with E-state index in [1.54, 1.807) is 6.08 Å². The summed E-state index contributed by atoms with van der Waals surface area (Å²) in [6, 6.07) is 0. The molecule has 1 rings (SSSR count). The Morgan fingerprint density at radius 3 is 3.18 bits per heavy atom. The van der Waals surface area contributed by atoms with E-state index in [1.165, 1.54) is 0 Å². The second kappa shape index (κ2) is 3.85. The van der Waals surface area contributed by atoms with E-state index in [-0.39, 0.29) is 6.10 Å². The molecule has 11 heavy (non-hydrogen) atoms. The number of carbonyl (C=O) groups is 1. The van der Waals surface area contributed by atoms with Gasteiger partial charge in [0.25, 0.3) is 0 Å². The van der Waals surface area contributed by atoms with Crippen LogP contribution in [0.4, 0.5) is 4.79 Å². The summed E-state index contributed by atoms with van der Waals surface area (Å²) in [4.78, 5) is 10.5. The lowest BCUT2D eigenvalue weighted by molar-refractivity contribution is -0.0211. The lowest BCUT2D eigenvalue weighted by Gasteiger charge is -2.20. The van der Waals surface area contributed by atoms with Gasteiger partial charge in [0.15, 0.2) is 0 Å². The Morgan fingerprint density at radius 2 is 2.55 bits per heavy atom. The van der Waals surface area contributed by atoms with Crippen LogP contribution < -0.4 is 0 Å². The average Bonchev–Trinajstić information content (AvgIpc) is 2.01. The van der Waals surface area contributed by atoms with Crippen LogP contribution in [0.5, 0.6) is 0 Å². The lowest BCUT2D eigenvalue weighted by Crippen LogP contribution is -2.26. The van der Waals surface area contributed by atoms with E-state index in [9.17, 15) is 4.79 Å². The van der Waals surface area contributed by atoms with E-state index in [2.05, 4.69) is 4.74 Å². The third kappa shape index (κ3) is 2.49. The molecular weight excluding hydrogens is 148 g/mol. The van der Waals surface area contributed by atoms with Crippen molar-refractivity contribution in [2.24, 2.45) is 0 Å². The molecular formula is C7H10O4. The highest BCUT2D eigenvalue weighted by molar-refractivity contribution is 5.60. The maximum Gasteiger partial charge on any atom is 0.508 e. The summed E-state index contributed by atoms with van der Waals surface area (Å²) >= 11 is 0. The maximum atomic E-state index is 10.5. The van der Waals surface area contributed by atoms with Gasteiger partial charge in [-0.3, -0.25) is 0 Å². The summed E-state index contributed by atoms with van der Waals surface area (Å²) in [7, 11) is 0. The van der Waals surface area contributed by atoms with Crippen LogP contribution in [0.3, 0.4) is 0 Å². The molecule has 1 saturated heterocycles. The zero-order valence-electron chi connectivity index (χ0n) is 6.03. The van der Waals surface area contributed by atoms with Gasteiger partial charge in [0, 0.05) is 12.8 Å². The van der Waals surface area contributed by atoms with E-state index in [0.717, 1.165) is 6.26 Å². The van der Waals surface area contributed by atoms with Crippen molar-refractivity contribution < 1.29 is 19.4 Å². The van der Waals surface area contributed by atoms with Gasteiger partial charge in [-0.2, -0.15) is 0 Å². The molecule has 1 aliphatic heterocycles. The van der Waals surface area contributed by atoms with Gasteiger partial charge < -0.3 is 14.6 Å².